The average Bonchev–Trinajstić information content (AvgIpc) is 2.44. The van der Waals surface area contributed by atoms with Crippen molar-refractivity contribution in [1.29, 1.82) is 0 Å². The number of carbonyl (C=O) groups is 4. The quantitative estimate of drug-likeness (QED) is 0.221. The van der Waals surface area contributed by atoms with Gasteiger partial charge in [0, 0.05) is 18.6 Å². The van der Waals surface area contributed by atoms with Gasteiger partial charge in [-0.3, -0.25) is 9.59 Å². The number of unbranched alkanes of at least 4 members (excludes halogenated alkanes) is 1. The Balaban J connectivity index is 3.81. The molecule has 0 rings (SSSR count). The van der Waals surface area contributed by atoms with Crippen LogP contribution in [0, 0.1) is 5.41 Å². The van der Waals surface area contributed by atoms with E-state index in [-0.39, 0.29) is 19.6 Å². The molecule has 0 amide bonds. The third-order valence-electron chi connectivity index (χ3n) is 2.48. The van der Waals surface area contributed by atoms with Crippen LogP contribution in [-0.4, -0.2) is 37.1 Å². The van der Waals surface area contributed by atoms with Crippen LogP contribution in [0.2, 0.25) is 0 Å². The Labute approximate surface area is 136 Å². The van der Waals surface area contributed by atoms with Gasteiger partial charge in [-0.1, -0.05) is 0 Å². The second-order valence-electron chi connectivity index (χ2n) is 5.72. The Bertz CT molecular complexity index is 458. The Morgan fingerprint density at radius 3 is 2.00 bits per heavy atom. The molecule has 0 aliphatic carbocycles. The summed E-state index contributed by atoms with van der Waals surface area (Å²) >= 11 is 0. The monoisotopic (exact) mass is 328 g/mol. The van der Waals surface area contributed by atoms with Crippen LogP contribution in [0.5, 0.6) is 0 Å². The maximum absolute atomic E-state index is 11.5. The molecule has 7 nitrogen and oxygen atoms in total. The van der Waals surface area contributed by atoms with Crippen molar-refractivity contribution in [1.82, 2.24) is 0 Å². The molecule has 0 saturated carbocycles. The van der Waals surface area contributed by atoms with Crippen molar-refractivity contribution in [2.45, 2.75) is 47.0 Å². The zero-order valence-electron chi connectivity index (χ0n) is 14.0. The maximum Gasteiger partial charge on any atom is 0.331 e. The van der Waals surface area contributed by atoms with Gasteiger partial charge in [0.05, 0.1) is 18.6 Å². The van der Waals surface area contributed by atoms with Crippen molar-refractivity contribution in [2.75, 3.05) is 13.2 Å². The second-order valence-corrected chi connectivity index (χ2v) is 5.72. The molecule has 0 atom stereocenters. The molecule has 130 valence electrons. The lowest BCUT2D eigenvalue weighted by molar-refractivity contribution is -0.165. The van der Waals surface area contributed by atoms with Gasteiger partial charge in [0.15, 0.2) is 0 Å². The van der Waals surface area contributed by atoms with Gasteiger partial charge in [0.25, 0.3) is 0 Å². The third kappa shape index (κ3) is 11.1. The molecule has 0 unspecified atom stereocenters. The van der Waals surface area contributed by atoms with Crippen LogP contribution >= 0.6 is 0 Å². The molecule has 0 aromatic carbocycles. The largest absolute Gasteiger partial charge is 0.463 e. The molecule has 0 aromatic heterocycles. The fourth-order valence-electron chi connectivity index (χ4n) is 1.23. The lowest BCUT2D eigenvalue weighted by atomic mass is 9.97. The van der Waals surface area contributed by atoms with E-state index in [4.69, 9.17) is 4.74 Å². The van der Waals surface area contributed by atoms with Gasteiger partial charge in [-0.2, -0.15) is 0 Å². The first-order valence-electron chi connectivity index (χ1n) is 7.43. The highest BCUT2D eigenvalue weighted by Crippen LogP contribution is 2.15. The summed E-state index contributed by atoms with van der Waals surface area (Å²) in [5.41, 5.74) is -0.726. The van der Waals surface area contributed by atoms with Crippen molar-refractivity contribution < 1.29 is 33.4 Å². The Hall–Kier alpha value is -2.18. The third-order valence-corrected chi connectivity index (χ3v) is 2.48. The number of hydrogen-bond donors (Lipinski definition) is 0. The summed E-state index contributed by atoms with van der Waals surface area (Å²) in [6, 6.07) is 0. The van der Waals surface area contributed by atoms with Gasteiger partial charge in [0.2, 0.25) is 0 Å². The highest BCUT2D eigenvalue weighted by molar-refractivity contribution is 5.91. The zero-order valence-corrected chi connectivity index (χ0v) is 14.0. The van der Waals surface area contributed by atoms with E-state index in [1.54, 1.807) is 27.7 Å². The van der Waals surface area contributed by atoms with E-state index in [0.717, 1.165) is 12.2 Å². The minimum absolute atomic E-state index is 0.0675. The molecule has 0 bridgehead atoms. The van der Waals surface area contributed by atoms with Crippen LogP contribution in [0.15, 0.2) is 12.2 Å². The molecule has 23 heavy (non-hydrogen) atoms. The Morgan fingerprint density at radius 2 is 1.48 bits per heavy atom. The van der Waals surface area contributed by atoms with Gasteiger partial charge in [-0.25, -0.2) is 9.59 Å². The molecular weight excluding hydrogens is 304 g/mol. The molecule has 0 aliphatic rings. The number of ether oxygens (including phenoxy) is 3. The molecule has 0 radical (unpaired) electrons. The summed E-state index contributed by atoms with van der Waals surface area (Å²) in [4.78, 5) is 45.1. The second kappa shape index (κ2) is 10.5. The van der Waals surface area contributed by atoms with E-state index in [1.807, 2.05) is 0 Å². The predicted molar refractivity (Wildman–Crippen MR) is 81.1 cm³/mol. The molecular formula is C16H24O7. The van der Waals surface area contributed by atoms with Gasteiger partial charge in [0.1, 0.15) is 0 Å². The minimum atomic E-state index is -0.726. The summed E-state index contributed by atoms with van der Waals surface area (Å²) in [5.74, 6) is -2.45. The molecule has 0 aromatic rings. The smallest absolute Gasteiger partial charge is 0.331 e. The lowest BCUT2D eigenvalue weighted by Crippen LogP contribution is -2.25. The molecule has 0 fully saturated rings. The summed E-state index contributed by atoms with van der Waals surface area (Å²) in [7, 11) is 0. The van der Waals surface area contributed by atoms with E-state index in [1.165, 1.54) is 0 Å². The van der Waals surface area contributed by atoms with E-state index in [0.29, 0.717) is 12.8 Å². The van der Waals surface area contributed by atoms with Crippen molar-refractivity contribution in [3.63, 3.8) is 0 Å². The fourth-order valence-corrected chi connectivity index (χ4v) is 1.23. The van der Waals surface area contributed by atoms with Crippen molar-refractivity contribution >= 4 is 23.9 Å². The van der Waals surface area contributed by atoms with Crippen LogP contribution in [0.1, 0.15) is 47.0 Å². The van der Waals surface area contributed by atoms with E-state index in [2.05, 4.69) is 9.47 Å². The van der Waals surface area contributed by atoms with E-state index in [9.17, 15) is 19.2 Å². The van der Waals surface area contributed by atoms with Crippen LogP contribution in [0.3, 0.4) is 0 Å². The standard InChI is InChI=1S/C16H24O7/c1-5-21-12(17)9-10-13(18)22-11-7-6-8-14(19)23-15(20)16(2,3)4/h9-10H,5-8,11H2,1-4H3. The maximum atomic E-state index is 11.5. The fraction of sp³-hybridized carbons (Fsp3) is 0.625. The SMILES string of the molecule is CCOC(=O)C=CC(=O)OCCCCC(=O)OC(=O)C(C)(C)C. The normalized spacial score (nSPS) is 11.1. The molecule has 0 N–H and O–H groups in total. The number of carbonyl (C=O) groups excluding carboxylic acids is 4. The number of hydrogen-bond acceptors (Lipinski definition) is 7. The molecule has 0 heterocycles. The zero-order chi connectivity index (χ0) is 17.9. The average molecular weight is 328 g/mol. The first-order valence-corrected chi connectivity index (χ1v) is 7.43. The van der Waals surface area contributed by atoms with Crippen molar-refractivity contribution in [3.05, 3.63) is 12.2 Å². The molecule has 0 saturated heterocycles. The molecule has 7 heteroatoms. The molecule has 0 aliphatic heterocycles. The topological polar surface area (TPSA) is 96.0 Å². The number of esters is 4. The van der Waals surface area contributed by atoms with Crippen molar-refractivity contribution in [3.8, 4) is 0 Å². The predicted octanol–water partition coefficient (Wildman–Crippen LogP) is 1.94. The first-order chi connectivity index (χ1) is 10.7. The van der Waals surface area contributed by atoms with Gasteiger partial charge in [-0.15, -0.1) is 0 Å². The summed E-state index contributed by atoms with van der Waals surface area (Å²) in [6.07, 6.45) is 2.90. The summed E-state index contributed by atoms with van der Waals surface area (Å²) in [5, 5.41) is 0. The first kappa shape index (κ1) is 20.8. The molecule has 0 spiro atoms. The van der Waals surface area contributed by atoms with Crippen LogP contribution in [0.25, 0.3) is 0 Å². The van der Waals surface area contributed by atoms with Crippen LogP contribution < -0.4 is 0 Å². The summed E-state index contributed by atoms with van der Waals surface area (Å²) in [6.45, 7) is 6.96. The van der Waals surface area contributed by atoms with Crippen LogP contribution in [-0.2, 0) is 33.4 Å². The highest BCUT2D eigenvalue weighted by Gasteiger charge is 2.25. The minimum Gasteiger partial charge on any atom is -0.463 e. The van der Waals surface area contributed by atoms with Gasteiger partial charge < -0.3 is 14.2 Å². The Morgan fingerprint density at radius 1 is 0.913 bits per heavy atom. The Kier molecular flexibility index (Phi) is 9.53. The summed E-state index contributed by atoms with van der Waals surface area (Å²) < 4.78 is 14.1. The number of rotatable bonds is 8. The van der Waals surface area contributed by atoms with E-state index >= 15 is 0 Å². The van der Waals surface area contributed by atoms with Crippen LogP contribution in [0.4, 0.5) is 0 Å². The lowest BCUT2D eigenvalue weighted by Gasteiger charge is -2.15. The van der Waals surface area contributed by atoms with E-state index < -0.39 is 29.3 Å². The van der Waals surface area contributed by atoms with Crippen molar-refractivity contribution in [2.24, 2.45) is 5.41 Å². The highest BCUT2D eigenvalue weighted by atomic mass is 16.6. The van der Waals surface area contributed by atoms with Gasteiger partial charge in [-0.05, 0) is 40.5 Å². The van der Waals surface area contributed by atoms with Gasteiger partial charge >= 0.3 is 23.9 Å².